The van der Waals surface area contributed by atoms with Gasteiger partial charge in [0.05, 0.1) is 17.3 Å². The van der Waals surface area contributed by atoms with Crippen molar-refractivity contribution < 1.29 is 19.1 Å². The first-order chi connectivity index (χ1) is 11.0. The average molecular weight is 338 g/mol. The Balaban J connectivity index is 1.79. The molecular formula is C15H16ClN3O4. The summed E-state index contributed by atoms with van der Waals surface area (Å²) in [4.78, 5) is 38.5. The van der Waals surface area contributed by atoms with E-state index in [1.54, 1.807) is 23.1 Å². The van der Waals surface area contributed by atoms with Gasteiger partial charge in [0.25, 0.3) is 0 Å². The zero-order chi connectivity index (χ0) is 16.6. The molecule has 2 aliphatic rings. The molecule has 0 aliphatic carbocycles. The number of benzene rings is 1. The van der Waals surface area contributed by atoms with Crippen molar-refractivity contribution in [1.82, 2.24) is 10.2 Å². The van der Waals surface area contributed by atoms with Crippen molar-refractivity contribution in [3.63, 3.8) is 0 Å². The SMILES string of the molecule is CC1CN(C(=O)CN2CCC(=O)NC2=O)c2cccc(Cl)c2O1. The third-order valence-electron chi connectivity index (χ3n) is 3.77. The number of halogens is 1. The molecule has 1 fully saturated rings. The molecule has 3 rings (SSSR count). The maximum atomic E-state index is 12.6. The fourth-order valence-electron chi connectivity index (χ4n) is 2.66. The fourth-order valence-corrected chi connectivity index (χ4v) is 2.87. The number of urea groups is 1. The van der Waals surface area contributed by atoms with E-state index in [4.69, 9.17) is 16.3 Å². The Labute approximate surface area is 138 Å². The predicted octanol–water partition coefficient (Wildman–Crippen LogP) is 1.40. The topological polar surface area (TPSA) is 79.0 Å². The molecule has 0 saturated carbocycles. The van der Waals surface area contributed by atoms with E-state index in [0.717, 1.165) is 0 Å². The van der Waals surface area contributed by atoms with Crippen LogP contribution in [0.2, 0.25) is 5.02 Å². The van der Waals surface area contributed by atoms with Crippen molar-refractivity contribution >= 4 is 35.1 Å². The minimum atomic E-state index is -0.540. The minimum absolute atomic E-state index is 0.0994. The van der Waals surface area contributed by atoms with Gasteiger partial charge in [0, 0.05) is 13.0 Å². The van der Waals surface area contributed by atoms with Gasteiger partial charge in [0.1, 0.15) is 12.6 Å². The Morgan fingerprint density at radius 3 is 2.96 bits per heavy atom. The lowest BCUT2D eigenvalue weighted by Crippen LogP contribution is -2.54. The van der Waals surface area contributed by atoms with Crippen molar-refractivity contribution in [2.45, 2.75) is 19.4 Å². The number of imide groups is 1. The van der Waals surface area contributed by atoms with E-state index >= 15 is 0 Å². The molecule has 8 heteroatoms. The summed E-state index contributed by atoms with van der Waals surface area (Å²) in [6.45, 7) is 2.36. The first-order valence-electron chi connectivity index (χ1n) is 7.30. The lowest BCUT2D eigenvalue weighted by atomic mass is 10.2. The van der Waals surface area contributed by atoms with E-state index < -0.39 is 6.03 Å². The van der Waals surface area contributed by atoms with E-state index in [9.17, 15) is 14.4 Å². The fraction of sp³-hybridized carbons (Fsp3) is 0.400. The number of carbonyl (C=O) groups is 3. The van der Waals surface area contributed by atoms with Crippen molar-refractivity contribution in [1.29, 1.82) is 0 Å². The van der Waals surface area contributed by atoms with Crippen LogP contribution in [-0.2, 0) is 9.59 Å². The highest BCUT2D eigenvalue weighted by molar-refractivity contribution is 6.32. The number of rotatable bonds is 2. The molecule has 2 heterocycles. The number of amides is 4. The van der Waals surface area contributed by atoms with Crippen molar-refractivity contribution in [3.8, 4) is 5.75 Å². The maximum Gasteiger partial charge on any atom is 0.324 e. The number of fused-ring (bicyclic) bond motifs is 1. The van der Waals surface area contributed by atoms with Gasteiger partial charge >= 0.3 is 6.03 Å². The standard InChI is InChI=1S/C15H16ClN3O4/c1-9-7-19(11-4-2-3-10(16)14(11)23-9)13(21)8-18-6-5-12(20)17-15(18)22/h2-4,9H,5-8H2,1H3,(H,17,20,22). The molecule has 1 unspecified atom stereocenters. The summed E-state index contributed by atoms with van der Waals surface area (Å²) in [5.74, 6) is -0.0940. The van der Waals surface area contributed by atoms with Gasteiger partial charge in [-0.05, 0) is 19.1 Å². The lowest BCUT2D eigenvalue weighted by Gasteiger charge is -2.35. The molecular weight excluding hydrogens is 322 g/mol. The van der Waals surface area contributed by atoms with Crippen molar-refractivity contribution in [3.05, 3.63) is 23.2 Å². The van der Waals surface area contributed by atoms with Gasteiger partial charge in [0.15, 0.2) is 5.75 Å². The van der Waals surface area contributed by atoms with E-state index in [-0.39, 0.29) is 37.4 Å². The van der Waals surface area contributed by atoms with E-state index in [1.165, 1.54) is 4.90 Å². The molecule has 1 N–H and O–H groups in total. The average Bonchev–Trinajstić information content (AvgIpc) is 2.50. The molecule has 0 spiro atoms. The highest BCUT2D eigenvalue weighted by Gasteiger charge is 2.32. The van der Waals surface area contributed by atoms with E-state index in [2.05, 4.69) is 5.32 Å². The summed E-state index contributed by atoms with van der Waals surface area (Å²) in [6, 6.07) is 4.66. The Hall–Kier alpha value is -2.28. The summed E-state index contributed by atoms with van der Waals surface area (Å²) in [5, 5.41) is 2.64. The van der Waals surface area contributed by atoms with Gasteiger partial charge < -0.3 is 14.5 Å². The Bertz CT molecular complexity index is 679. The van der Waals surface area contributed by atoms with Crippen LogP contribution in [0.4, 0.5) is 10.5 Å². The molecule has 2 aliphatic heterocycles. The number of hydrogen-bond donors (Lipinski definition) is 1. The zero-order valence-corrected chi connectivity index (χ0v) is 13.3. The number of hydrogen-bond acceptors (Lipinski definition) is 4. The molecule has 0 bridgehead atoms. The molecule has 4 amide bonds. The van der Waals surface area contributed by atoms with Gasteiger partial charge in [0.2, 0.25) is 11.8 Å². The number of para-hydroxylation sites is 1. The molecule has 23 heavy (non-hydrogen) atoms. The molecule has 7 nitrogen and oxygen atoms in total. The Morgan fingerprint density at radius 2 is 2.22 bits per heavy atom. The summed E-state index contributed by atoms with van der Waals surface area (Å²) in [7, 11) is 0. The molecule has 0 aromatic heterocycles. The Kier molecular flexibility index (Phi) is 4.12. The monoisotopic (exact) mass is 337 g/mol. The number of carbonyl (C=O) groups excluding carboxylic acids is 3. The third kappa shape index (κ3) is 3.10. The number of nitrogens with one attached hydrogen (secondary N) is 1. The maximum absolute atomic E-state index is 12.6. The zero-order valence-electron chi connectivity index (χ0n) is 12.5. The van der Waals surface area contributed by atoms with Crippen molar-refractivity contribution in [2.24, 2.45) is 0 Å². The first kappa shape index (κ1) is 15.6. The van der Waals surface area contributed by atoms with Crippen LogP contribution in [0, 0.1) is 0 Å². The van der Waals surface area contributed by atoms with Crippen LogP contribution >= 0.6 is 11.6 Å². The summed E-state index contributed by atoms with van der Waals surface area (Å²) >= 11 is 6.13. The predicted molar refractivity (Wildman–Crippen MR) is 83.6 cm³/mol. The molecule has 1 aromatic rings. The smallest absolute Gasteiger partial charge is 0.324 e. The highest BCUT2D eigenvalue weighted by atomic mass is 35.5. The van der Waals surface area contributed by atoms with Gasteiger partial charge in [-0.25, -0.2) is 4.79 Å². The van der Waals surface area contributed by atoms with Crippen LogP contribution < -0.4 is 15.0 Å². The van der Waals surface area contributed by atoms with Crippen molar-refractivity contribution in [2.75, 3.05) is 24.5 Å². The van der Waals surface area contributed by atoms with Crippen LogP contribution in [-0.4, -0.2) is 48.5 Å². The lowest BCUT2D eigenvalue weighted by molar-refractivity contribution is -0.124. The molecule has 1 aromatic carbocycles. The van der Waals surface area contributed by atoms with E-state index in [0.29, 0.717) is 23.0 Å². The first-order valence-corrected chi connectivity index (χ1v) is 7.68. The molecule has 1 atom stereocenters. The molecule has 0 radical (unpaired) electrons. The van der Waals surface area contributed by atoms with Gasteiger partial charge in [-0.3, -0.25) is 14.9 Å². The van der Waals surface area contributed by atoms with E-state index in [1.807, 2.05) is 6.92 Å². The van der Waals surface area contributed by atoms with Gasteiger partial charge in [-0.1, -0.05) is 17.7 Å². The number of ether oxygens (including phenoxy) is 1. The third-order valence-corrected chi connectivity index (χ3v) is 4.06. The van der Waals surface area contributed by atoms with Gasteiger partial charge in [-0.2, -0.15) is 0 Å². The molecule has 1 saturated heterocycles. The summed E-state index contributed by atoms with van der Waals surface area (Å²) in [6.07, 6.45) is -0.0101. The normalized spacial score (nSPS) is 20.7. The van der Waals surface area contributed by atoms with Crippen LogP contribution in [0.15, 0.2) is 18.2 Å². The van der Waals surface area contributed by atoms with Crippen LogP contribution in [0.1, 0.15) is 13.3 Å². The number of anilines is 1. The second-order valence-corrected chi connectivity index (χ2v) is 5.95. The van der Waals surface area contributed by atoms with Gasteiger partial charge in [-0.15, -0.1) is 0 Å². The minimum Gasteiger partial charge on any atom is -0.485 e. The highest BCUT2D eigenvalue weighted by Crippen LogP contribution is 2.39. The Morgan fingerprint density at radius 1 is 1.43 bits per heavy atom. The molecule has 122 valence electrons. The number of nitrogens with zero attached hydrogens (tertiary/aromatic N) is 2. The van der Waals surface area contributed by atoms with Crippen LogP contribution in [0.25, 0.3) is 0 Å². The van der Waals surface area contributed by atoms with Crippen LogP contribution in [0.3, 0.4) is 0 Å². The largest absolute Gasteiger partial charge is 0.485 e. The second kappa shape index (κ2) is 6.08. The quantitative estimate of drug-likeness (QED) is 0.884. The van der Waals surface area contributed by atoms with Crippen LogP contribution in [0.5, 0.6) is 5.75 Å². The summed E-state index contributed by atoms with van der Waals surface area (Å²) in [5.41, 5.74) is 0.592. The second-order valence-electron chi connectivity index (χ2n) is 5.55. The summed E-state index contributed by atoms with van der Waals surface area (Å²) < 4.78 is 5.70.